The maximum Gasteiger partial charge on any atom is 0.317 e. The molecular formula is C16H19Cl3N4O2. The molecule has 6 nitrogen and oxygen atoms in total. The maximum absolute atomic E-state index is 12.3. The topological polar surface area (TPSA) is 73.5 Å². The second kappa shape index (κ2) is 7.89. The minimum Gasteiger partial charge on any atom is -0.335 e. The van der Waals surface area contributed by atoms with Gasteiger partial charge >= 0.3 is 6.03 Å². The van der Waals surface area contributed by atoms with E-state index >= 15 is 0 Å². The summed E-state index contributed by atoms with van der Waals surface area (Å²) in [5, 5.41) is 4.03. The molecule has 0 aromatic heterocycles. The van der Waals surface area contributed by atoms with E-state index in [2.05, 4.69) is 16.2 Å². The number of benzene rings is 1. The van der Waals surface area contributed by atoms with Crippen molar-refractivity contribution < 1.29 is 9.59 Å². The zero-order chi connectivity index (χ0) is 18.0. The summed E-state index contributed by atoms with van der Waals surface area (Å²) >= 11 is 18.0. The molecule has 2 aliphatic rings. The van der Waals surface area contributed by atoms with Gasteiger partial charge in [-0.15, -0.1) is 0 Å². The number of nitrogens with zero attached hydrogens (tertiary/aromatic N) is 1. The molecule has 1 aliphatic heterocycles. The number of rotatable bonds is 4. The van der Waals surface area contributed by atoms with E-state index in [4.69, 9.17) is 34.8 Å². The van der Waals surface area contributed by atoms with E-state index < -0.39 is 0 Å². The van der Waals surface area contributed by atoms with Crippen LogP contribution in [-0.2, 0) is 4.79 Å². The third-order valence-electron chi connectivity index (χ3n) is 4.38. The molecular weight excluding hydrogens is 387 g/mol. The van der Waals surface area contributed by atoms with Crippen molar-refractivity contribution in [1.29, 1.82) is 0 Å². The molecule has 136 valence electrons. The molecule has 1 aromatic carbocycles. The minimum atomic E-state index is -0.165. The van der Waals surface area contributed by atoms with Gasteiger partial charge in [-0.05, 0) is 37.8 Å². The highest BCUT2D eigenvalue weighted by Crippen LogP contribution is 2.33. The van der Waals surface area contributed by atoms with Crippen molar-refractivity contribution >= 4 is 52.4 Å². The van der Waals surface area contributed by atoms with Crippen LogP contribution in [0.2, 0.25) is 15.1 Å². The van der Waals surface area contributed by atoms with Crippen molar-refractivity contribution in [2.24, 2.45) is 5.92 Å². The Hall–Kier alpha value is -1.37. The third kappa shape index (κ3) is 4.84. The number of hydrogen-bond acceptors (Lipinski definition) is 3. The molecule has 1 saturated carbocycles. The monoisotopic (exact) mass is 404 g/mol. The fourth-order valence-electron chi connectivity index (χ4n) is 2.73. The number of amides is 3. The van der Waals surface area contributed by atoms with Crippen LogP contribution in [0.5, 0.6) is 0 Å². The van der Waals surface area contributed by atoms with Gasteiger partial charge in [-0.2, -0.15) is 0 Å². The van der Waals surface area contributed by atoms with E-state index in [1.807, 2.05) is 0 Å². The van der Waals surface area contributed by atoms with Gasteiger partial charge in [-0.3, -0.25) is 15.6 Å². The van der Waals surface area contributed by atoms with Crippen LogP contribution in [0.15, 0.2) is 12.1 Å². The van der Waals surface area contributed by atoms with Gasteiger partial charge in [0.1, 0.15) is 0 Å². The van der Waals surface area contributed by atoms with Crippen LogP contribution in [0, 0.1) is 5.92 Å². The van der Waals surface area contributed by atoms with Gasteiger partial charge in [0.15, 0.2) is 0 Å². The van der Waals surface area contributed by atoms with E-state index in [1.54, 1.807) is 17.0 Å². The first-order chi connectivity index (χ1) is 11.9. The Kier molecular flexibility index (Phi) is 5.81. The molecule has 9 heteroatoms. The summed E-state index contributed by atoms with van der Waals surface area (Å²) < 4.78 is 0. The van der Waals surface area contributed by atoms with Crippen LogP contribution in [0.3, 0.4) is 0 Å². The SMILES string of the molecule is O=C(NNc1c(Cl)cc(Cl)cc1Cl)C1CCN(C(=O)NC2CC2)CC1. The molecule has 0 bridgehead atoms. The number of carbonyl (C=O) groups excluding carboxylic acids is 2. The number of likely N-dealkylation sites (tertiary alicyclic amines) is 1. The van der Waals surface area contributed by atoms with Crippen molar-refractivity contribution in [3.63, 3.8) is 0 Å². The van der Waals surface area contributed by atoms with Crippen LogP contribution >= 0.6 is 34.8 Å². The van der Waals surface area contributed by atoms with Gasteiger partial charge in [0, 0.05) is 30.1 Å². The Labute approximate surface area is 161 Å². The first kappa shape index (κ1) is 18.4. The molecule has 0 unspecified atom stereocenters. The van der Waals surface area contributed by atoms with E-state index in [0.29, 0.717) is 52.7 Å². The molecule has 3 N–H and O–H groups in total. The zero-order valence-corrected chi connectivity index (χ0v) is 15.7. The van der Waals surface area contributed by atoms with E-state index in [1.165, 1.54) is 0 Å². The first-order valence-corrected chi connectivity index (χ1v) is 9.33. The quantitative estimate of drug-likeness (QED) is 0.669. The Morgan fingerprint density at radius 3 is 2.16 bits per heavy atom. The average molecular weight is 406 g/mol. The van der Waals surface area contributed by atoms with Crippen LogP contribution < -0.4 is 16.2 Å². The largest absolute Gasteiger partial charge is 0.335 e. The molecule has 0 radical (unpaired) electrons. The molecule has 1 aliphatic carbocycles. The lowest BCUT2D eigenvalue weighted by Gasteiger charge is -2.31. The number of nitrogens with one attached hydrogen (secondary N) is 3. The predicted molar refractivity (Wildman–Crippen MR) is 99.1 cm³/mol. The highest BCUT2D eigenvalue weighted by atomic mass is 35.5. The summed E-state index contributed by atoms with van der Waals surface area (Å²) in [5.41, 5.74) is 5.80. The molecule has 0 spiro atoms. The Morgan fingerprint density at radius 2 is 1.60 bits per heavy atom. The molecule has 0 atom stereocenters. The summed E-state index contributed by atoms with van der Waals surface area (Å²) in [6.45, 7) is 1.14. The Morgan fingerprint density at radius 1 is 1.00 bits per heavy atom. The van der Waals surface area contributed by atoms with Crippen molar-refractivity contribution in [3.05, 3.63) is 27.2 Å². The summed E-state index contributed by atoms with van der Waals surface area (Å²) in [6.07, 6.45) is 3.36. The number of hydrazine groups is 1. The van der Waals surface area contributed by atoms with E-state index in [-0.39, 0.29) is 17.9 Å². The number of carbonyl (C=O) groups is 2. The summed E-state index contributed by atoms with van der Waals surface area (Å²) in [6, 6.07) is 3.40. The van der Waals surface area contributed by atoms with E-state index in [9.17, 15) is 9.59 Å². The van der Waals surface area contributed by atoms with Gasteiger partial charge in [-0.25, -0.2) is 4.79 Å². The second-order valence-corrected chi connectivity index (χ2v) is 7.59. The van der Waals surface area contributed by atoms with Gasteiger partial charge < -0.3 is 10.2 Å². The predicted octanol–water partition coefficient (Wildman–Crippen LogP) is 3.67. The number of piperidine rings is 1. The van der Waals surface area contributed by atoms with Gasteiger partial charge in [0.2, 0.25) is 5.91 Å². The molecule has 1 saturated heterocycles. The van der Waals surface area contributed by atoms with Crippen LogP contribution in [0.4, 0.5) is 10.5 Å². The fraction of sp³-hybridized carbons (Fsp3) is 0.500. The van der Waals surface area contributed by atoms with E-state index in [0.717, 1.165) is 12.8 Å². The van der Waals surface area contributed by atoms with Crippen LogP contribution in [0.1, 0.15) is 25.7 Å². The number of urea groups is 1. The van der Waals surface area contributed by atoms with Gasteiger partial charge in [-0.1, -0.05) is 34.8 Å². The first-order valence-electron chi connectivity index (χ1n) is 8.20. The van der Waals surface area contributed by atoms with Crippen LogP contribution in [-0.4, -0.2) is 36.0 Å². The zero-order valence-electron chi connectivity index (χ0n) is 13.4. The Bertz CT molecular complexity index is 650. The fourth-order valence-corrected chi connectivity index (χ4v) is 3.64. The normalized spacial score (nSPS) is 18.0. The number of anilines is 1. The lowest BCUT2D eigenvalue weighted by atomic mass is 9.96. The molecule has 25 heavy (non-hydrogen) atoms. The lowest BCUT2D eigenvalue weighted by Crippen LogP contribution is -2.48. The second-order valence-electron chi connectivity index (χ2n) is 6.34. The van der Waals surface area contributed by atoms with Gasteiger partial charge in [0.25, 0.3) is 0 Å². The number of halogens is 3. The van der Waals surface area contributed by atoms with Crippen LogP contribution in [0.25, 0.3) is 0 Å². The third-order valence-corrected chi connectivity index (χ3v) is 5.19. The molecule has 3 rings (SSSR count). The summed E-state index contributed by atoms with van der Waals surface area (Å²) in [5.74, 6) is -0.313. The highest BCUT2D eigenvalue weighted by Gasteiger charge is 2.30. The highest BCUT2D eigenvalue weighted by molar-refractivity contribution is 6.41. The lowest BCUT2D eigenvalue weighted by molar-refractivity contribution is -0.125. The summed E-state index contributed by atoms with van der Waals surface area (Å²) in [4.78, 5) is 26.1. The number of hydrogen-bond donors (Lipinski definition) is 3. The van der Waals surface area contributed by atoms with Crippen molar-refractivity contribution in [2.75, 3.05) is 18.5 Å². The molecule has 2 fully saturated rings. The summed E-state index contributed by atoms with van der Waals surface area (Å²) in [7, 11) is 0. The standard InChI is InChI=1S/C16H19Cl3N4O2/c17-10-7-12(18)14(13(19)8-10)21-22-15(24)9-3-5-23(6-4-9)16(25)20-11-1-2-11/h7-9,11,21H,1-6H2,(H,20,25)(H,22,24). The maximum atomic E-state index is 12.3. The average Bonchev–Trinajstić information content (AvgIpc) is 3.37. The van der Waals surface area contributed by atoms with Crippen molar-refractivity contribution in [1.82, 2.24) is 15.6 Å². The van der Waals surface area contributed by atoms with Crippen molar-refractivity contribution in [3.8, 4) is 0 Å². The van der Waals surface area contributed by atoms with Gasteiger partial charge in [0.05, 0.1) is 15.7 Å². The minimum absolute atomic E-state index is 0.0285. The Balaban J connectivity index is 1.47. The van der Waals surface area contributed by atoms with Crippen molar-refractivity contribution in [2.45, 2.75) is 31.7 Å². The smallest absolute Gasteiger partial charge is 0.317 e. The molecule has 3 amide bonds. The molecule has 1 heterocycles. The molecule has 1 aromatic rings.